The average molecular weight is 497 g/mol. The predicted octanol–water partition coefficient (Wildman–Crippen LogP) is 3.01. The zero-order valence-electron chi connectivity index (χ0n) is 21.7. The maximum atomic E-state index is 13.4. The van der Waals surface area contributed by atoms with Crippen molar-refractivity contribution in [1.29, 1.82) is 0 Å². The number of nitrogens with zero attached hydrogens (tertiary/aromatic N) is 3. The van der Waals surface area contributed by atoms with Crippen molar-refractivity contribution in [1.82, 2.24) is 14.8 Å². The molecule has 194 valence electrons. The van der Waals surface area contributed by atoms with E-state index >= 15 is 0 Å². The molecule has 2 aromatic rings. The highest BCUT2D eigenvalue weighted by Gasteiger charge is 2.30. The Morgan fingerprint density at radius 3 is 2.64 bits per heavy atom. The Morgan fingerprint density at radius 2 is 1.97 bits per heavy atom. The molecule has 0 spiro atoms. The number of hydrogen-bond acceptors (Lipinski definition) is 6. The van der Waals surface area contributed by atoms with Crippen LogP contribution in [-0.4, -0.2) is 78.5 Å². The van der Waals surface area contributed by atoms with Crippen molar-refractivity contribution in [3.63, 3.8) is 0 Å². The van der Waals surface area contributed by atoms with Crippen LogP contribution in [0.1, 0.15) is 43.2 Å². The van der Waals surface area contributed by atoms with E-state index in [1.807, 2.05) is 36.9 Å². The average Bonchev–Trinajstić information content (AvgIpc) is 2.88. The van der Waals surface area contributed by atoms with Crippen LogP contribution in [-0.2, 0) is 20.7 Å². The number of likely N-dealkylation sites (N-methyl/N-ethyl adjacent to an activating group) is 1. The summed E-state index contributed by atoms with van der Waals surface area (Å²) in [5.41, 5.74) is 1.57. The molecule has 1 N–H and O–H groups in total. The molecule has 36 heavy (non-hydrogen) atoms. The summed E-state index contributed by atoms with van der Waals surface area (Å²) in [6.45, 7) is 6.69. The summed E-state index contributed by atoms with van der Waals surface area (Å²) in [5, 5.41) is 2.80. The van der Waals surface area contributed by atoms with Gasteiger partial charge in [0.2, 0.25) is 11.8 Å². The van der Waals surface area contributed by atoms with E-state index in [0.717, 1.165) is 0 Å². The van der Waals surface area contributed by atoms with Crippen molar-refractivity contribution in [3.05, 3.63) is 53.9 Å². The molecule has 2 heterocycles. The van der Waals surface area contributed by atoms with Gasteiger partial charge in [0, 0.05) is 57.2 Å². The minimum absolute atomic E-state index is 0.0468. The lowest BCUT2D eigenvalue weighted by Crippen LogP contribution is -2.49. The molecule has 0 aliphatic carbocycles. The van der Waals surface area contributed by atoms with E-state index in [4.69, 9.17) is 9.47 Å². The van der Waals surface area contributed by atoms with Gasteiger partial charge in [-0.15, -0.1) is 0 Å². The van der Waals surface area contributed by atoms with Crippen LogP contribution in [0.3, 0.4) is 0 Å². The molecule has 1 aliphatic heterocycles. The zero-order chi connectivity index (χ0) is 26.2. The second-order valence-electron chi connectivity index (χ2n) is 9.25. The molecule has 0 unspecified atom stereocenters. The highest BCUT2D eigenvalue weighted by molar-refractivity contribution is 5.99. The normalized spacial score (nSPS) is 21.0. The number of ether oxygens (including phenoxy) is 2. The first-order chi connectivity index (χ1) is 17.2. The number of amides is 3. The molecule has 0 saturated heterocycles. The highest BCUT2D eigenvalue weighted by Crippen LogP contribution is 2.26. The van der Waals surface area contributed by atoms with Crippen LogP contribution in [0.4, 0.5) is 5.69 Å². The van der Waals surface area contributed by atoms with E-state index in [2.05, 4.69) is 10.3 Å². The molecule has 1 aromatic carbocycles. The van der Waals surface area contributed by atoms with Crippen LogP contribution in [0.5, 0.6) is 5.75 Å². The van der Waals surface area contributed by atoms with Gasteiger partial charge in [0.1, 0.15) is 12.4 Å². The van der Waals surface area contributed by atoms with Crippen molar-refractivity contribution in [2.75, 3.05) is 39.2 Å². The Morgan fingerprint density at radius 1 is 1.19 bits per heavy atom. The van der Waals surface area contributed by atoms with E-state index in [1.54, 1.807) is 50.4 Å². The van der Waals surface area contributed by atoms with Gasteiger partial charge >= 0.3 is 0 Å². The van der Waals surface area contributed by atoms with Gasteiger partial charge in [-0.2, -0.15) is 0 Å². The van der Waals surface area contributed by atoms with Crippen molar-refractivity contribution >= 4 is 23.4 Å². The van der Waals surface area contributed by atoms with Gasteiger partial charge in [0.05, 0.1) is 24.1 Å². The van der Waals surface area contributed by atoms with Crippen LogP contribution < -0.4 is 10.1 Å². The summed E-state index contributed by atoms with van der Waals surface area (Å²) in [6.07, 6.45) is 1.90. The van der Waals surface area contributed by atoms with Gasteiger partial charge in [-0.25, -0.2) is 0 Å². The van der Waals surface area contributed by atoms with Crippen molar-refractivity contribution in [2.45, 2.75) is 45.8 Å². The maximum absolute atomic E-state index is 13.4. The molecule has 0 radical (unpaired) electrons. The van der Waals surface area contributed by atoms with E-state index in [9.17, 15) is 14.4 Å². The number of anilines is 1. The van der Waals surface area contributed by atoms with Crippen LogP contribution in [0.25, 0.3) is 0 Å². The minimum Gasteiger partial charge on any atom is -0.491 e. The molecular weight excluding hydrogens is 460 g/mol. The number of rotatable bonds is 5. The Bertz CT molecular complexity index is 1060. The first-order valence-electron chi connectivity index (χ1n) is 12.3. The first kappa shape index (κ1) is 27.1. The topological polar surface area (TPSA) is 101 Å². The molecule has 3 rings (SSSR count). The lowest BCUT2D eigenvalue weighted by atomic mass is 10.0. The molecule has 3 atom stereocenters. The fourth-order valence-electron chi connectivity index (χ4n) is 4.21. The van der Waals surface area contributed by atoms with Crippen molar-refractivity contribution in [3.8, 4) is 5.75 Å². The molecule has 9 heteroatoms. The lowest BCUT2D eigenvalue weighted by molar-refractivity contribution is -0.134. The third kappa shape index (κ3) is 6.81. The van der Waals surface area contributed by atoms with Crippen molar-refractivity contribution in [2.24, 2.45) is 5.92 Å². The SMILES string of the molecule is CCC(=O)Nc1ccc2c(c1)C(=O)N(C)C[C@H](OC)[C@H](C)CN(C(=O)Cc1ccccn1)[C@@H](C)CO2. The summed E-state index contributed by atoms with van der Waals surface area (Å²) < 4.78 is 11.8. The highest BCUT2D eigenvalue weighted by atomic mass is 16.5. The number of carbonyl (C=O) groups is 3. The Kier molecular flexibility index (Phi) is 9.41. The van der Waals surface area contributed by atoms with Crippen LogP contribution in [0.2, 0.25) is 0 Å². The molecular formula is C27H36N4O5. The Balaban J connectivity index is 1.93. The number of nitrogens with one attached hydrogen (secondary N) is 1. The standard InChI is InChI=1S/C27H36N4O5/c1-6-25(32)29-21-10-11-23-22(13-21)27(34)30(4)16-24(35-5)18(2)15-31(19(3)17-36-23)26(33)14-20-9-7-8-12-28-20/h7-13,18-19,24H,6,14-17H2,1-5H3,(H,29,32)/t18-,19+,24+/m1/s1. The third-order valence-electron chi connectivity index (χ3n) is 6.43. The van der Waals surface area contributed by atoms with Gasteiger partial charge in [0.15, 0.2) is 0 Å². The smallest absolute Gasteiger partial charge is 0.257 e. The van der Waals surface area contributed by atoms with Crippen molar-refractivity contribution < 1.29 is 23.9 Å². The Hall–Kier alpha value is -3.46. The third-order valence-corrected chi connectivity index (χ3v) is 6.43. The number of benzene rings is 1. The number of methoxy groups -OCH3 is 1. The minimum atomic E-state index is -0.289. The molecule has 1 aliphatic rings. The first-order valence-corrected chi connectivity index (χ1v) is 12.3. The molecule has 9 nitrogen and oxygen atoms in total. The molecule has 1 aromatic heterocycles. The summed E-state index contributed by atoms with van der Waals surface area (Å²) >= 11 is 0. The van der Waals surface area contributed by atoms with E-state index in [-0.39, 0.29) is 48.8 Å². The fraction of sp³-hybridized carbons (Fsp3) is 0.481. The lowest BCUT2D eigenvalue weighted by Gasteiger charge is -2.36. The monoisotopic (exact) mass is 496 g/mol. The number of fused-ring (bicyclic) bond motifs is 1. The zero-order valence-corrected chi connectivity index (χ0v) is 21.7. The number of pyridine rings is 1. The quantitative estimate of drug-likeness (QED) is 0.683. The van der Waals surface area contributed by atoms with Gasteiger partial charge in [-0.3, -0.25) is 19.4 Å². The van der Waals surface area contributed by atoms with Gasteiger partial charge in [0.25, 0.3) is 5.91 Å². The fourth-order valence-corrected chi connectivity index (χ4v) is 4.21. The maximum Gasteiger partial charge on any atom is 0.257 e. The molecule has 3 amide bonds. The number of carbonyl (C=O) groups excluding carboxylic acids is 3. The Labute approximate surface area is 212 Å². The largest absolute Gasteiger partial charge is 0.491 e. The van der Waals surface area contributed by atoms with Gasteiger partial charge in [-0.05, 0) is 37.3 Å². The van der Waals surface area contributed by atoms with Gasteiger partial charge < -0.3 is 24.6 Å². The summed E-state index contributed by atoms with van der Waals surface area (Å²) in [4.78, 5) is 46.3. The van der Waals surface area contributed by atoms with Crippen LogP contribution in [0.15, 0.2) is 42.6 Å². The second-order valence-corrected chi connectivity index (χ2v) is 9.25. The van der Waals surface area contributed by atoms with Crippen LogP contribution >= 0.6 is 0 Å². The van der Waals surface area contributed by atoms with E-state index in [1.165, 1.54) is 0 Å². The van der Waals surface area contributed by atoms with Crippen LogP contribution in [0, 0.1) is 5.92 Å². The summed E-state index contributed by atoms with van der Waals surface area (Å²) in [5.74, 6) is -0.0786. The molecule has 0 bridgehead atoms. The number of aromatic nitrogens is 1. The molecule has 0 fully saturated rings. The van der Waals surface area contributed by atoms with Gasteiger partial charge in [-0.1, -0.05) is 19.9 Å². The predicted molar refractivity (Wildman–Crippen MR) is 137 cm³/mol. The second kappa shape index (κ2) is 12.5. The van der Waals surface area contributed by atoms with E-state index in [0.29, 0.717) is 42.2 Å². The molecule has 0 saturated carbocycles. The summed E-state index contributed by atoms with van der Waals surface area (Å²) in [7, 11) is 3.32. The summed E-state index contributed by atoms with van der Waals surface area (Å²) in [6, 6.07) is 10.3. The van der Waals surface area contributed by atoms with E-state index < -0.39 is 0 Å². The number of hydrogen-bond donors (Lipinski definition) is 1.